The molecule has 0 unspecified atom stereocenters. The van der Waals surface area contributed by atoms with Crippen molar-refractivity contribution >= 4 is 29.5 Å². The van der Waals surface area contributed by atoms with Gasteiger partial charge in [-0.15, -0.1) is 0 Å². The van der Waals surface area contributed by atoms with Gasteiger partial charge in [0.2, 0.25) is 0 Å². The Morgan fingerprint density at radius 3 is 2.41 bits per heavy atom. The third-order valence-electron chi connectivity index (χ3n) is 6.56. The number of amides is 3. The second-order valence-corrected chi connectivity index (χ2v) is 9.27. The highest BCUT2D eigenvalue weighted by Crippen LogP contribution is 2.32. The van der Waals surface area contributed by atoms with E-state index in [9.17, 15) is 18.8 Å². The number of benzene rings is 2. The van der Waals surface area contributed by atoms with Gasteiger partial charge < -0.3 is 15.0 Å². The molecule has 2 heterocycles. The molecule has 0 aromatic heterocycles. The van der Waals surface area contributed by atoms with Gasteiger partial charge in [-0.3, -0.25) is 14.6 Å². The number of hydrogen-bond donors (Lipinski definition) is 1. The number of urea groups is 1. The standard InChI is InChI=1S/C27H30ClFN4O4/c1-3-33-22(17-31-12-14-32(15-13-31)25(34)18-8-10-20(28)11-9-18)23(26(35)37-4-2)24(30-27(33)36)19-6-5-7-21(29)16-19/h5-11,16,24H,3-4,12-15,17H2,1-2H3,(H,30,36)/t24-/m1/s1. The molecule has 2 aliphatic rings. The Morgan fingerprint density at radius 2 is 1.78 bits per heavy atom. The van der Waals surface area contributed by atoms with E-state index in [0.717, 1.165) is 0 Å². The molecule has 0 radical (unpaired) electrons. The summed E-state index contributed by atoms with van der Waals surface area (Å²) in [7, 11) is 0. The summed E-state index contributed by atoms with van der Waals surface area (Å²) in [6.45, 7) is 6.46. The molecule has 3 amide bonds. The van der Waals surface area contributed by atoms with E-state index in [4.69, 9.17) is 16.3 Å². The summed E-state index contributed by atoms with van der Waals surface area (Å²) in [4.78, 5) is 44.5. The summed E-state index contributed by atoms with van der Waals surface area (Å²) in [5.41, 5.74) is 1.84. The summed E-state index contributed by atoms with van der Waals surface area (Å²) in [6.07, 6.45) is 0. The fourth-order valence-corrected chi connectivity index (χ4v) is 4.82. The summed E-state index contributed by atoms with van der Waals surface area (Å²) >= 11 is 5.94. The molecule has 2 aromatic rings. The molecular weight excluding hydrogens is 499 g/mol. The number of carbonyl (C=O) groups is 3. The maximum Gasteiger partial charge on any atom is 0.338 e. The topological polar surface area (TPSA) is 82.2 Å². The van der Waals surface area contributed by atoms with Crippen molar-refractivity contribution in [2.24, 2.45) is 0 Å². The lowest BCUT2D eigenvalue weighted by atomic mass is 9.94. The van der Waals surface area contributed by atoms with E-state index in [2.05, 4.69) is 10.2 Å². The first-order chi connectivity index (χ1) is 17.8. The molecule has 1 atom stereocenters. The van der Waals surface area contributed by atoms with Gasteiger partial charge in [0.15, 0.2) is 0 Å². The minimum atomic E-state index is -0.840. The molecule has 10 heteroatoms. The molecule has 2 aliphatic heterocycles. The number of hydrogen-bond acceptors (Lipinski definition) is 5. The summed E-state index contributed by atoms with van der Waals surface area (Å²) in [5, 5.41) is 3.41. The van der Waals surface area contributed by atoms with Gasteiger partial charge in [-0.1, -0.05) is 23.7 Å². The third kappa shape index (κ3) is 5.94. The van der Waals surface area contributed by atoms with E-state index in [0.29, 0.717) is 61.1 Å². The molecule has 4 rings (SSSR count). The average Bonchev–Trinajstić information content (AvgIpc) is 2.89. The summed E-state index contributed by atoms with van der Waals surface area (Å²) in [6, 6.07) is 11.4. The number of rotatable bonds is 7. The number of likely N-dealkylation sites (N-methyl/N-ethyl adjacent to an activating group) is 1. The number of nitrogens with zero attached hydrogens (tertiary/aromatic N) is 3. The number of carbonyl (C=O) groups excluding carboxylic acids is 3. The maximum atomic E-state index is 14.1. The van der Waals surface area contributed by atoms with Gasteiger partial charge in [-0.25, -0.2) is 14.0 Å². The van der Waals surface area contributed by atoms with Gasteiger partial charge in [-0.05, 0) is 55.8 Å². The van der Waals surface area contributed by atoms with Crippen molar-refractivity contribution in [1.29, 1.82) is 0 Å². The Morgan fingerprint density at radius 1 is 1.08 bits per heavy atom. The number of ether oxygens (including phenoxy) is 1. The normalized spacial score (nSPS) is 18.6. The van der Waals surface area contributed by atoms with E-state index in [1.807, 2.05) is 6.92 Å². The van der Waals surface area contributed by atoms with E-state index < -0.39 is 17.8 Å². The molecule has 1 N–H and O–H groups in total. The zero-order valence-corrected chi connectivity index (χ0v) is 21.6. The fourth-order valence-electron chi connectivity index (χ4n) is 4.69. The molecular formula is C27H30ClFN4O4. The quantitative estimate of drug-likeness (QED) is 0.552. The van der Waals surface area contributed by atoms with Crippen LogP contribution in [0.3, 0.4) is 0 Å². The fraction of sp³-hybridized carbons (Fsp3) is 0.370. The van der Waals surface area contributed by atoms with Crippen molar-refractivity contribution in [3.05, 3.63) is 81.8 Å². The van der Waals surface area contributed by atoms with Crippen LogP contribution in [0.25, 0.3) is 0 Å². The van der Waals surface area contributed by atoms with Crippen molar-refractivity contribution in [2.75, 3.05) is 45.9 Å². The minimum absolute atomic E-state index is 0.0684. The van der Waals surface area contributed by atoms with Crippen LogP contribution in [0.15, 0.2) is 59.8 Å². The Kier molecular flexibility index (Phi) is 8.45. The summed E-state index contributed by atoms with van der Waals surface area (Å²) in [5.74, 6) is -1.08. The Hall–Kier alpha value is -3.43. The zero-order chi connectivity index (χ0) is 26.5. The van der Waals surface area contributed by atoms with E-state index in [1.54, 1.807) is 48.2 Å². The lowest BCUT2D eigenvalue weighted by Crippen LogP contribution is -2.53. The SMILES string of the molecule is CCOC(=O)C1=C(CN2CCN(C(=O)c3ccc(Cl)cc3)CC2)N(CC)C(=O)N[C@@H]1c1cccc(F)c1. The van der Waals surface area contributed by atoms with E-state index >= 15 is 0 Å². The van der Waals surface area contributed by atoms with Crippen molar-refractivity contribution in [1.82, 2.24) is 20.0 Å². The molecule has 1 saturated heterocycles. The molecule has 1 fully saturated rings. The van der Waals surface area contributed by atoms with Crippen LogP contribution in [-0.4, -0.2) is 78.5 Å². The largest absolute Gasteiger partial charge is 0.463 e. The zero-order valence-electron chi connectivity index (χ0n) is 20.9. The first-order valence-electron chi connectivity index (χ1n) is 12.3. The van der Waals surface area contributed by atoms with Crippen molar-refractivity contribution in [3.8, 4) is 0 Å². The van der Waals surface area contributed by atoms with Gasteiger partial charge in [0.25, 0.3) is 5.91 Å². The average molecular weight is 529 g/mol. The van der Waals surface area contributed by atoms with Crippen LogP contribution in [-0.2, 0) is 9.53 Å². The Balaban J connectivity index is 1.59. The molecule has 8 nitrogen and oxygen atoms in total. The predicted octanol–water partition coefficient (Wildman–Crippen LogP) is 3.84. The monoisotopic (exact) mass is 528 g/mol. The van der Waals surface area contributed by atoms with Gasteiger partial charge in [0.1, 0.15) is 5.82 Å². The minimum Gasteiger partial charge on any atom is -0.463 e. The van der Waals surface area contributed by atoms with Crippen LogP contribution < -0.4 is 5.32 Å². The second kappa shape index (κ2) is 11.7. The number of nitrogens with one attached hydrogen (secondary N) is 1. The molecule has 0 saturated carbocycles. The highest BCUT2D eigenvalue weighted by atomic mass is 35.5. The highest BCUT2D eigenvalue weighted by molar-refractivity contribution is 6.30. The smallest absolute Gasteiger partial charge is 0.338 e. The first-order valence-corrected chi connectivity index (χ1v) is 12.7. The molecule has 0 spiro atoms. The van der Waals surface area contributed by atoms with Crippen molar-refractivity contribution < 1.29 is 23.5 Å². The van der Waals surface area contributed by atoms with Gasteiger partial charge >= 0.3 is 12.0 Å². The lowest BCUT2D eigenvalue weighted by Gasteiger charge is -2.40. The predicted molar refractivity (Wildman–Crippen MR) is 138 cm³/mol. The van der Waals surface area contributed by atoms with Crippen molar-refractivity contribution in [2.45, 2.75) is 19.9 Å². The highest BCUT2D eigenvalue weighted by Gasteiger charge is 2.38. The van der Waals surface area contributed by atoms with Crippen LogP contribution in [0.4, 0.5) is 9.18 Å². The maximum absolute atomic E-state index is 14.1. The third-order valence-corrected chi connectivity index (χ3v) is 6.81. The van der Waals surface area contributed by atoms with Crippen LogP contribution in [0.1, 0.15) is 35.8 Å². The van der Waals surface area contributed by atoms with Gasteiger partial charge in [0, 0.05) is 55.6 Å². The van der Waals surface area contributed by atoms with Gasteiger partial charge in [-0.2, -0.15) is 0 Å². The second-order valence-electron chi connectivity index (χ2n) is 8.84. The number of piperazine rings is 1. The summed E-state index contributed by atoms with van der Waals surface area (Å²) < 4.78 is 19.4. The Bertz CT molecular complexity index is 1200. The van der Waals surface area contributed by atoms with Gasteiger partial charge in [0.05, 0.1) is 18.2 Å². The van der Waals surface area contributed by atoms with Crippen LogP contribution in [0, 0.1) is 5.82 Å². The van der Waals surface area contributed by atoms with Crippen LogP contribution in [0.2, 0.25) is 5.02 Å². The first kappa shape index (κ1) is 26.6. The van der Waals surface area contributed by atoms with E-state index in [-0.39, 0.29) is 24.1 Å². The van der Waals surface area contributed by atoms with Crippen LogP contribution >= 0.6 is 11.6 Å². The Labute approximate surface area is 220 Å². The van der Waals surface area contributed by atoms with Crippen LogP contribution in [0.5, 0.6) is 0 Å². The molecule has 2 aromatic carbocycles. The molecule has 196 valence electrons. The lowest BCUT2D eigenvalue weighted by molar-refractivity contribution is -0.139. The molecule has 0 bridgehead atoms. The molecule has 0 aliphatic carbocycles. The van der Waals surface area contributed by atoms with Crippen molar-refractivity contribution in [3.63, 3.8) is 0 Å². The molecule has 37 heavy (non-hydrogen) atoms. The number of esters is 1. The number of halogens is 2. The van der Waals surface area contributed by atoms with E-state index in [1.165, 1.54) is 17.0 Å².